The number of aryl methyl sites for hydroxylation is 1. The monoisotopic (exact) mass is 180 g/mol. The Hall–Kier alpha value is -0.870. The van der Waals surface area contributed by atoms with Gasteiger partial charge >= 0.3 is 0 Å². The van der Waals surface area contributed by atoms with Gasteiger partial charge in [0, 0.05) is 26.2 Å². The maximum absolute atomic E-state index is 5.52. The van der Waals surface area contributed by atoms with Crippen molar-refractivity contribution in [3.8, 4) is 0 Å². The summed E-state index contributed by atoms with van der Waals surface area (Å²) in [6.45, 7) is 6.85. The zero-order valence-electron chi connectivity index (χ0n) is 8.03. The van der Waals surface area contributed by atoms with Gasteiger partial charge in [0.2, 0.25) is 0 Å². The van der Waals surface area contributed by atoms with E-state index in [9.17, 15) is 0 Å². The van der Waals surface area contributed by atoms with E-state index in [1.165, 1.54) is 5.69 Å². The fourth-order valence-electron chi connectivity index (χ4n) is 1.84. The first-order valence-electron chi connectivity index (χ1n) is 4.75. The van der Waals surface area contributed by atoms with E-state index in [0.717, 1.165) is 38.4 Å². The SMILES string of the molecule is Cc1cc2n(n1)CCN(CCN)C2. The number of aromatic nitrogens is 2. The van der Waals surface area contributed by atoms with E-state index in [2.05, 4.69) is 20.7 Å². The molecule has 0 radical (unpaired) electrons. The van der Waals surface area contributed by atoms with E-state index in [1.807, 2.05) is 6.92 Å². The molecule has 1 aliphatic rings. The third-order valence-corrected chi connectivity index (χ3v) is 2.44. The Labute approximate surface area is 78.3 Å². The Morgan fingerprint density at radius 2 is 2.38 bits per heavy atom. The molecule has 2 heterocycles. The second-order valence-corrected chi connectivity index (χ2v) is 3.57. The number of nitrogens with two attached hydrogens (primary N) is 1. The van der Waals surface area contributed by atoms with Crippen LogP contribution in [0.4, 0.5) is 0 Å². The fourth-order valence-corrected chi connectivity index (χ4v) is 1.84. The Kier molecular flexibility index (Phi) is 2.33. The van der Waals surface area contributed by atoms with Crippen molar-refractivity contribution in [1.82, 2.24) is 14.7 Å². The van der Waals surface area contributed by atoms with Crippen LogP contribution in [0.3, 0.4) is 0 Å². The van der Waals surface area contributed by atoms with Gasteiger partial charge in [-0.25, -0.2) is 0 Å². The Balaban J connectivity index is 2.10. The number of nitrogens with zero attached hydrogens (tertiary/aromatic N) is 3. The molecule has 0 fully saturated rings. The van der Waals surface area contributed by atoms with Crippen molar-refractivity contribution in [3.63, 3.8) is 0 Å². The molecular weight excluding hydrogens is 164 g/mol. The summed E-state index contributed by atoms with van der Waals surface area (Å²) in [7, 11) is 0. The summed E-state index contributed by atoms with van der Waals surface area (Å²) < 4.78 is 2.10. The van der Waals surface area contributed by atoms with Crippen LogP contribution < -0.4 is 5.73 Å². The molecule has 0 spiro atoms. The van der Waals surface area contributed by atoms with Crippen LogP contribution in [0.15, 0.2) is 6.07 Å². The molecule has 0 amide bonds. The first kappa shape index (κ1) is 8.72. The highest BCUT2D eigenvalue weighted by Gasteiger charge is 2.16. The topological polar surface area (TPSA) is 47.1 Å². The molecule has 1 aromatic rings. The molecule has 4 heteroatoms. The third kappa shape index (κ3) is 1.73. The lowest BCUT2D eigenvalue weighted by Gasteiger charge is -2.26. The molecule has 13 heavy (non-hydrogen) atoms. The minimum absolute atomic E-state index is 0.743. The van der Waals surface area contributed by atoms with Crippen LogP contribution in [0.25, 0.3) is 0 Å². The molecule has 2 N–H and O–H groups in total. The lowest BCUT2D eigenvalue weighted by molar-refractivity contribution is 0.219. The van der Waals surface area contributed by atoms with E-state index in [1.54, 1.807) is 0 Å². The second kappa shape index (κ2) is 3.47. The molecular formula is C9H16N4. The summed E-state index contributed by atoms with van der Waals surface area (Å²) >= 11 is 0. The summed E-state index contributed by atoms with van der Waals surface area (Å²) in [5, 5.41) is 4.40. The lowest BCUT2D eigenvalue weighted by atomic mass is 10.3. The van der Waals surface area contributed by atoms with Crippen LogP contribution in [0.2, 0.25) is 0 Å². The predicted molar refractivity (Wildman–Crippen MR) is 51.3 cm³/mol. The van der Waals surface area contributed by atoms with Crippen LogP contribution in [0.5, 0.6) is 0 Å². The van der Waals surface area contributed by atoms with Crippen molar-refractivity contribution in [3.05, 3.63) is 17.5 Å². The standard InChI is InChI=1S/C9H16N4/c1-8-6-9-7-12(3-2-10)4-5-13(9)11-8/h6H,2-5,7,10H2,1H3. The van der Waals surface area contributed by atoms with Gasteiger partial charge < -0.3 is 5.73 Å². The van der Waals surface area contributed by atoms with Gasteiger partial charge in [0.1, 0.15) is 0 Å². The van der Waals surface area contributed by atoms with E-state index in [4.69, 9.17) is 5.73 Å². The summed E-state index contributed by atoms with van der Waals surface area (Å²) in [6.07, 6.45) is 0. The number of hydrogen-bond donors (Lipinski definition) is 1. The first-order chi connectivity index (χ1) is 6.29. The van der Waals surface area contributed by atoms with Crippen LogP contribution in [-0.2, 0) is 13.1 Å². The molecule has 0 bridgehead atoms. The predicted octanol–water partition coefficient (Wildman–Crippen LogP) is -0.0342. The van der Waals surface area contributed by atoms with Crippen molar-refractivity contribution in [1.29, 1.82) is 0 Å². The average molecular weight is 180 g/mol. The highest BCUT2D eigenvalue weighted by molar-refractivity contribution is 5.10. The van der Waals surface area contributed by atoms with E-state index < -0.39 is 0 Å². The lowest BCUT2D eigenvalue weighted by Crippen LogP contribution is -2.36. The van der Waals surface area contributed by atoms with Gasteiger partial charge in [-0.05, 0) is 13.0 Å². The van der Waals surface area contributed by atoms with E-state index in [-0.39, 0.29) is 0 Å². The van der Waals surface area contributed by atoms with Crippen molar-refractivity contribution < 1.29 is 0 Å². The molecule has 72 valence electrons. The number of hydrogen-bond acceptors (Lipinski definition) is 3. The molecule has 0 unspecified atom stereocenters. The number of rotatable bonds is 2. The van der Waals surface area contributed by atoms with Gasteiger partial charge in [-0.15, -0.1) is 0 Å². The molecule has 0 saturated carbocycles. The molecule has 4 nitrogen and oxygen atoms in total. The van der Waals surface area contributed by atoms with E-state index >= 15 is 0 Å². The zero-order valence-corrected chi connectivity index (χ0v) is 8.03. The molecule has 0 aromatic carbocycles. The Morgan fingerprint density at radius 1 is 1.54 bits per heavy atom. The van der Waals surface area contributed by atoms with Crippen molar-refractivity contribution in [2.24, 2.45) is 5.73 Å². The van der Waals surface area contributed by atoms with Crippen LogP contribution in [0.1, 0.15) is 11.4 Å². The molecule has 0 atom stereocenters. The van der Waals surface area contributed by atoms with Gasteiger partial charge in [-0.3, -0.25) is 9.58 Å². The van der Waals surface area contributed by atoms with Crippen LogP contribution in [0, 0.1) is 6.92 Å². The highest BCUT2D eigenvalue weighted by atomic mass is 15.3. The number of fused-ring (bicyclic) bond motifs is 1. The zero-order chi connectivity index (χ0) is 9.26. The van der Waals surface area contributed by atoms with Gasteiger partial charge in [-0.1, -0.05) is 0 Å². The largest absolute Gasteiger partial charge is 0.329 e. The van der Waals surface area contributed by atoms with Gasteiger partial charge in [0.25, 0.3) is 0 Å². The first-order valence-corrected chi connectivity index (χ1v) is 4.75. The molecule has 1 aromatic heterocycles. The van der Waals surface area contributed by atoms with Crippen LogP contribution in [-0.4, -0.2) is 34.3 Å². The summed E-state index contributed by atoms with van der Waals surface area (Å²) in [4.78, 5) is 2.37. The molecule has 0 saturated heterocycles. The molecule has 1 aliphatic heterocycles. The van der Waals surface area contributed by atoms with Gasteiger partial charge in [0.05, 0.1) is 17.9 Å². The fraction of sp³-hybridized carbons (Fsp3) is 0.667. The van der Waals surface area contributed by atoms with Crippen molar-refractivity contribution in [2.45, 2.75) is 20.0 Å². The normalized spacial score (nSPS) is 17.4. The van der Waals surface area contributed by atoms with Crippen molar-refractivity contribution >= 4 is 0 Å². The summed E-state index contributed by atoms with van der Waals surface area (Å²) in [5.41, 5.74) is 7.95. The quantitative estimate of drug-likeness (QED) is 0.695. The van der Waals surface area contributed by atoms with Gasteiger partial charge in [0.15, 0.2) is 0 Å². The Morgan fingerprint density at radius 3 is 3.15 bits per heavy atom. The van der Waals surface area contributed by atoms with E-state index in [0.29, 0.717) is 0 Å². The third-order valence-electron chi connectivity index (χ3n) is 2.44. The molecule has 2 rings (SSSR count). The van der Waals surface area contributed by atoms with Crippen LogP contribution >= 0.6 is 0 Å². The summed E-state index contributed by atoms with van der Waals surface area (Å²) in [6, 6.07) is 2.16. The maximum Gasteiger partial charge on any atom is 0.0597 e. The minimum atomic E-state index is 0.743. The second-order valence-electron chi connectivity index (χ2n) is 3.57. The highest BCUT2D eigenvalue weighted by Crippen LogP contribution is 2.12. The molecule has 0 aliphatic carbocycles. The smallest absolute Gasteiger partial charge is 0.0597 e. The maximum atomic E-state index is 5.52. The van der Waals surface area contributed by atoms with Gasteiger partial charge in [-0.2, -0.15) is 5.10 Å². The minimum Gasteiger partial charge on any atom is -0.329 e. The van der Waals surface area contributed by atoms with Crippen molar-refractivity contribution in [2.75, 3.05) is 19.6 Å². The Bertz CT molecular complexity index is 292. The average Bonchev–Trinajstić information content (AvgIpc) is 2.44. The summed E-state index contributed by atoms with van der Waals surface area (Å²) in [5.74, 6) is 0.